The van der Waals surface area contributed by atoms with Gasteiger partial charge in [0.2, 0.25) is 0 Å². The summed E-state index contributed by atoms with van der Waals surface area (Å²) in [7, 11) is 0. The van der Waals surface area contributed by atoms with Crippen molar-refractivity contribution in [3.63, 3.8) is 0 Å². The molecule has 1 heterocycles. The van der Waals surface area contributed by atoms with Gasteiger partial charge < -0.3 is 0 Å². The number of benzene rings is 7. The van der Waals surface area contributed by atoms with Crippen LogP contribution in [0.4, 0.5) is 0 Å². The highest BCUT2D eigenvalue weighted by Crippen LogP contribution is 2.51. The van der Waals surface area contributed by atoms with Gasteiger partial charge in [0.1, 0.15) is 0 Å². The zero-order valence-corrected chi connectivity index (χ0v) is 25.3. The first-order valence-corrected chi connectivity index (χ1v) is 15.6. The molecule has 45 heavy (non-hydrogen) atoms. The van der Waals surface area contributed by atoms with Crippen molar-refractivity contribution in [3.05, 3.63) is 157 Å². The molecule has 0 unspecified atom stereocenters. The average molecular weight is 575 g/mol. The van der Waals surface area contributed by atoms with E-state index in [1.807, 2.05) is 0 Å². The topological polar surface area (TPSA) is 25.8 Å². The molecule has 0 N–H and O–H groups in total. The molecule has 0 bridgehead atoms. The van der Waals surface area contributed by atoms with E-state index in [-0.39, 0.29) is 5.41 Å². The van der Waals surface area contributed by atoms with Gasteiger partial charge in [-0.15, -0.1) is 0 Å². The Morgan fingerprint density at radius 2 is 1.00 bits per heavy atom. The standard InChI is InChI=1S/C43H30N2/c1-43(2)38-20-8-7-17-34(38)37-24-21-29-25-30(22-23-33(29)41(37)43)42-44-39(35-18-9-13-27-11-3-5-15-31(27)35)26-40(45-42)36-19-10-14-28-12-4-6-16-32(28)36/h3-26H,1-2H3. The monoisotopic (exact) mass is 574 g/mol. The number of aromatic nitrogens is 2. The van der Waals surface area contributed by atoms with Crippen LogP contribution in [0.25, 0.3) is 77.3 Å². The van der Waals surface area contributed by atoms with Crippen LogP contribution in [0.5, 0.6) is 0 Å². The van der Waals surface area contributed by atoms with Crippen LogP contribution < -0.4 is 0 Å². The van der Waals surface area contributed by atoms with Gasteiger partial charge in [0.05, 0.1) is 11.4 Å². The fourth-order valence-corrected chi connectivity index (χ4v) is 7.51. The quantitative estimate of drug-likeness (QED) is 0.210. The van der Waals surface area contributed by atoms with Crippen LogP contribution in [0, 0.1) is 0 Å². The predicted octanol–water partition coefficient (Wildman–Crippen LogP) is 11.2. The average Bonchev–Trinajstić information content (AvgIpc) is 3.33. The third-order valence-electron chi connectivity index (χ3n) is 9.65. The third kappa shape index (κ3) is 3.96. The molecule has 0 amide bonds. The molecule has 2 nitrogen and oxygen atoms in total. The molecule has 0 saturated heterocycles. The SMILES string of the molecule is CC1(C)c2ccccc2-c2ccc3cc(-c4nc(-c5cccc6ccccc56)cc(-c5cccc6ccccc56)n4)ccc3c21. The maximum atomic E-state index is 5.26. The first-order valence-electron chi connectivity index (χ1n) is 15.6. The highest BCUT2D eigenvalue weighted by molar-refractivity contribution is 6.01. The maximum Gasteiger partial charge on any atom is 0.160 e. The summed E-state index contributed by atoms with van der Waals surface area (Å²) in [6.45, 7) is 4.69. The Bertz CT molecular complexity index is 2360. The van der Waals surface area contributed by atoms with Crippen molar-refractivity contribution in [2.45, 2.75) is 19.3 Å². The Hall–Kier alpha value is -5.60. The second-order valence-electron chi connectivity index (χ2n) is 12.6. The van der Waals surface area contributed by atoms with Crippen LogP contribution in [0.15, 0.2) is 146 Å². The molecule has 0 aliphatic heterocycles. The summed E-state index contributed by atoms with van der Waals surface area (Å²) in [5.74, 6) is 0.730. The first kappa shape index (κ1) is 25.9. The van der Waals surface area contributed by atoms with Crippen LogP contribution in [0.2, 0.25) is 0 Å². The van der Waals surface area contributed by atoms with Gasteiger partial charge in [-0.3, -0.25) is 0 Å². The predicted molar refractivity (Wildman–Crippen MR) is 188 cm³/mol. The summed E-state index contributed by atoms with van der Waals surface area (Å²) in [5.41, 5.74) is 10.5. The van der Waals surface area contributed by atoms with Gasteiger partial charge in [0.25, 0.3) is 0 Å². The Morgan fingerprint density at radius 3 is 1.69 bits per heavy atom. The van der Waals surface area contributed by atoms with Crippen molar-refractivity contribution in [2.24, 2.45) is 0 Å². The molecule has 9 rings (SSSR count). The van der Waals surface area contributed by atoms with E-state index in [0.717, 1.165) is 33.9 Å². The van der Waals surface area contributed by atoms with Gasteiger partial charge in [0, 0.05) is 22.1 Å². The molecule has 0 atom stereocenters. The summed E-state index contributed by atoms with van der Waals surface area (Å²) in [6, 6.07) is 52.2. The van der Waals surface area contributed by atoms with Crippen LogP contribution in [-0.2, 0) is 5.41 Å². The zero-order valence-electron chi connectivity index (χ0n) is 25.3. The van der Waals surface area contributed by atoms with Crippen LogP contribution in [-0.4, -0.2) is 9.97 Å². The van der Waals surface area contributed by atoms with Gasteiger partial charge in [-0.2, -0.15) is 0 Å². The second kappa shape index (κ2) is 9.70. The number of hydrogen-bond donors (Lipinski definition) is 0. The van der Waals surface area contributed by atoms with Crippen molar-refractivity contribution in [3.8, 4) is 45.0 Å². The van der Waals surface area contributed by atoms with Gasteiger partial charge in [-0.25, -0.2) is 9.97 Å². The minimum Gasteiger partial charge on any atom is -0.228 e. The largest absolute Gasteiger partial charge is 0.228 e. The van der Waals surface area contributed by atoms with E-state index in [0.29, 0.717) is 0 Å². The van der Waals surface area contributed by atoms with E-state index < -0.39 is 0 Å². The Labute approximate surface area is 262 Å². The fraction of sp³-hybridized carbons (Fsp3) is 0.0698. The highest BCUT2D eigenvalue weighted by Gasteiger charge is 2.36. The minimum absolute atomic E-state index is 0.0702. The van der Waals surface area contributed by atoms with Crippen LogP contribution >= 0.6 is 0 Å². The fourth-order valence-electron chi connectivity index (χ4n) is 7.51. The molecule has 212 valence electrons. The summed E-state index contributed by atoms with van der Waals surface area (Å²) in [6.07, 6.45) is 0. The lowest BCUT2D eigenvalue weighted by molar-refractivity contribution is 0.666. The molecular formula is C43H30N2. The minimum atomic E-state index is -0.0702. The number of nitrogens with zero attached hydrogens (tertiary/aromatic N) is 2. The van der Waals surface area contributed by atoms with Crippen molar-refractivity contribution < 1.29 is 0 Å². The molecule has 1 aliphatic carbocycles. The molecule has 0 radical (unpaired) electrons. The Balaban J connectivity index is 1.27. The summed E-state index contributed by atoms with van der Waals surface area (Å²) in [5, 5.41) is 7.26. The van der Waals surface area contributed by atoms with Crippen molar-refractivity contribution >= 4 is 32.3 Å². The van der Waals surface area contributed by atoms with E-state index >= 15 is 0 Å². The number of fused-ring (bicyclic) bond motifs is 7. The van der Waals surface area contributed by atoms with Gasteiger partial charge in [0.15, 0.2) is 5.82 Å². The molecule has 0 spiro atoms. The van der Waals surface area contributed by atoms with E-state index in [1.54, 1.807) is 0 Å². The second-order valence-corrected chi connectivity index (χ2v) is 12.6. The first-order chi connectivity index (χ1) is 22.1. The van der Waals surface area contributed by atoms with Crippen LogP contribution in [0.1, 0.15) is 25.0 Å². The van der Waals surface area contributed by atoms with Gasteiger partial charge in [-0.1, -0.05) is 147 Å². The smallest absolute Gasteiger partial charge is 0.160 e. The maximum absolute atomic E-state index is 5.26. The van der Waals surface area contributed by atoms with Gasteiger partial charge in [-0.05, 0) is 66.7 Å². The Kier molecular flexibility index (Phi) is 5.58. The summed E-state index contributed by atoms with van der Waals surface area (Å²) < 4.78 is 0. The lowest BCUT2D eigenvalue weighted by Gasteiger charge is -2.23. The summed E-state index contributed by atoms with van der Waals surface area (Å²) >= 11 is 0. The lowest BCUT2D eigenvalue weighted by Crippen LogP contribution is -2.15. The van der Waals surface area contributed by atoms with E-state index in [4.69, 9.17) is 9.97 Å². The molecule has 1 aromatic heterocycles. The molecular weight excluding hydrogens is 544 g/mol. The van der Waals surface area contributed by atoms with Gasteiger partial charge >= 0.3 is 0 Å². The lowest BCUT2D eigenvalue weighted by atomic mass is 9.80. The molecule has 0 saturated carbocycles. The Morgan fingerprint density at radius 1 is 0.422 bits per heavy atom. The highest BCUT2D eigenvalue weighted by atomic mass is 14.9. The molecule has 8 aromatic rings. The summed E-state index contributed by atoms with van der Waals surface area (Å²) in [4.78, 5) is 10.5. The van der Waals surface area contributed by atoms with E-state index in [2.05, 4.69) is 159 Å². The van der Waals surface area contributed by atoms with E-state index in [1.165, 1.54) is 54.6 Å². The third-order valence-corrected chi connectivity index (χ3v) is 9.65. The van der Waals surface area contributed by atoms with Crippen molar-refractivity contribution in [1.29, 1.82) is 0 Å². The number of hydrogen-bond acceptors (Lipinski definition) is 2. The zero-order chi connectivity index (χ0) is 30.1. The molecule has 0 fully saturated rings. The molecule has 1 aliphatic rings. The van der Waals surface area contributed by atoms with Crippen molar-refractivity contribution in [2.75, 3.05) is 0 Å². The van der Waals surface area contributed by atoms with Crippen molar-refractivity contribution in [1.82, 2.24) is 9.97 Å². The molecule has 7 aromatic carbocycles. The van der Waals surface area contributed by atoms with E-state index in [9.17, 15) is 0 Å². The number of rotatable bonds is 3. The molecule has 2 heteroatoms. The van der Waals surface area contributed by atoms with Crippen LogP contribution in [0.3, 0.4) is 0 Å². The normalized spacial score (nSPS) is 13.3.